The van der Waals surface area contributed by atoms with Crippen molar-refractivity contribution in [2.24, 2.45) is 11.8 Å². The molecule has 0 atom stereocenters. The summed E-state index contributed by atoms with van der Waals surface area (Å²) in [7, 11) is 0. The van der Waals surface area contributed by atoms with Gasteiger partial charge in [-0.25, -0.2) is 0 Å². The number of halogens is 1. The Labute approximate surface area is 115 Å². The summed E-state index contributed by atoms with van der Waals surface area (Å²) in [4.78, 5) is 0. The SMILES string of the molecule is CC(C)CNCc1ccc(OCC2CC2)c(Cl)c1. The van der Waals surface area contributed by atoms with Gasteiger partial charge in [0, 0.05) is 6.54 Å². The van der Waals surface area contributed by atoms with Crippen LogP contribution in [0.4, 0.5) is 0 Å². The van der Waals surface area contributed by atoms with Crippen molar-refractivity contribution in [1.82, 2.24) is 5.32 Å². The lowest BCUT2D eigenvalue weighted by atomic mass is 10.2. The van der Waals surface area contributed by atoms with Gasteiger partial charge in [0.2, 0.25) is 0 Å². The van der Waals surface area contributed by atoms with E-state index in [1.54, 1.807) is 0 Å². The molecule has 2 nitrogen and oxygen atoms in total. The van der Waals surface area contributed by atoms with Crippen molar-refractivity contribution in [3.63, 3.8) is 0 Å². The molecule has 1 N–H and O–H groups in total. The van der Waals surface area contributed by atoms with Crippen LogP contribution in [-0.2, 0) is 6.54 Å². The average Bonchev–Trinajstić information content (AvgIpc) is 3.11. The van der Waals surface area contributed by atoms with Crippen LogP contribution < -0.4 is 10.1 Å². The molecule has 0 bridgehead atoms. The number of hydrogen-bond donors (Lipinski definition) is 1. The highest BCUT2D eigenvalue weighted by molar-refractivity contribution is 6.32. The van der Waals surface area contributed by atoms with E-state index in [0.29, 0.717) is 5.92 Å². The van der Waals surface area contributed by atoms with Crippen molar-refractivity contribution in [3.05, 3.63) is 28.8 Å². The summed E-state index contributed by atoms with van der Waals surface area (Å²) >= 11 is 6.22. The molecule has 100 valence electrons. The molecule has 0 radical (unpaired) electrons. The summed E-state index contributed by atoms with van der Waals surface area (Å²) in [5.41, 5.74) is 1.21. The van der Waals surface area contributed by atoms with Gasteiger partial charge in [-0.3, -0.25) is 0 Å². The minimum Gasteiger partial charge on any atom is -0.492 e. The van der Waals surface area contributed by atoms with Crippen LogP contribution in [-0.4, -0.2) is 13.2 Å². The quantitative estimate of drug-likeness (QED) is 0.810. The van der Waals surface area contributed by atoms with Gasteiger partial charge in [-0.15, -0.1) is 0 Å². The molecule has 1 saturated carbocycles. The third-order valence-corrected chi connectivity index (χ3v) is 3.34. The fourth-order valence-corrected chi connectivity index (χ4v) is 2.03. The lowest BCUT2D eigenvalue weighted by Gasteiger charge is -2.10. The monoisotopic (exact) mass is 267 g/mol. The maximum absolute atomic E-state index is 6.22. The normalized spacial score (nSPS) is 15.1. The molecule has 0 aliphatic heterocycles. The predicted molar refractivity (Wildman–Crippen MR) is 76.2 cm³/mol. The Hall–Kier alpha value is -0.730. The Morgan fingerprint density at radius 2 is 2.17 bits per heavy atom. The Kier molecular flexibility index (Phi) is 4.90. The third kappa shape index (κ3) is 4.51. The first-order chi connectivity index (χ1) is 8.65. The molecule has 18 heavy (non-hydrogen) atoms. The molecule has 1 aromatic carbocycles. The van der Waals surface area contributed by atoms with Crippen molar-refractivity contribution in [2.75, 3.05) is 13.2 Å². The van der Waals surface area contributed by atoms with Crippen molar-refractivity contribution in [1.29, 1.82) is 0 Å². The molecule has 0 unspecified atom stereocenters. The van der Waals surface area contributed by atoms with Crippen molar-refractivity contribution >= 4 is 11.6 Å². The fraction of sp³-hybridized carbons (Fsp3) is 0.600. The molecule has 2 rings (SSSR count). The van der Waals surface area contributed by atoms with E-state index in [0.717, 1.165) is 36.4 Å². The van der Waals surface area contributed by atoms with E-state index in [1.165, 1.54) is 18.4 Å². The van der Waals surface area contributed by atoms with Crippen LogP contribution in [0.3, 0.4) is 0 Å². The van der Waals surface area contributed by atoms with Gasteiger partial charge >= 0.3 is 0 Å². The topological polar surface area (TPSA) is 21.3 Å². The second-order valence-corrected chi connectivity index (χ2v) is 5.95. The van der Waals surface area contributed by atoms with Gasteiger partial charge in [0.25, 0.3) is 0 Å². The number of benzene rings is 1. The zero-order valence-corrected chi connectivity index (χ0v) is 12.0. The standard InChI is InChI=1S/C15H22ClNO/c1-11(2)8-17-9-13-5-6-15(14(16)7-13)18-10-12-3-4-12/h5-7,11-12,17H,3-4,8-10H2,1-2H3. The molecule has 0 heterocycles. The highest BCUT2D eigenvalue weighted by Gasteiger charge is 2.22. The third-order valence-electron chi connectivity index (χ3n) is 3.05. The summed E-state index contributed by atoms with van der Waals surface area (Å²) in [6.45, 7) is 7.10. The van der Waals surface area contributed by atoms with E-state index < -0.39 is 0 Å². The summed E-state index contributed by atoms with van der Waals surface area (Å²) in [5.74, 6) is 2.24. The van der Waals surface area contributed by atoms with Crippen LogP contribution in [0.2, 0.25) is 5.02 Å². The van der Waals surface area contributed by atoms with Gasteiger partial charge in [-0.05, 0) is 48.9 Å². The van der Waals surface area contributed by atoms with Crippen LogP contribution in [0.1, 0.15) is 32.3 Å². The highest BCUT2D eigenvalue weighted by Crippen LogP contribution is 2.32. The summed E-state index contributed by atoms with van der Waals surface area (Å²) in [5, 5.41) is 4.13. The van der Waals surface area contributed by atoms with Crippen LogP contribution in [0.5, 0.6) is 5.75 Å². The molecule has 1 aromatic rings. The van der Waals surface area contributed by atoms with Gasteiger partial charge in [0.05, 0.1) is 11.6 Å². The van der Waals surface area contributed by atoms with Crippen molar-refractivity contribution in [3.8, 4) is 5.75 Å². The second kappa shape index (κ2) is 6.44. The van der Waals surface area contributed by atoms with E-state index in [1.807, 2.05) is 12.1 Å². The molecule has 1 fully saturated rings. The maximum Gasteiger partial charge on any atom is 0.137 e. The fourth-order valence-electron chi connectivity index (χ4n) is 1.77. The van der Waals surface area contributed by atoms with Gasteiger partial charge in [-0.1, -0.05) is 31.5 Å². The maximum atomic E-state index is 6.22. The molecule has 3 heteroatoms. The smallest absolute Gasteiger partial charge is 0.137 e. The minimum atomic E-state index is 0.668. The molecular formula is C15H22ClNO. The van der Waals surface area contributed by atoms with Crippen LogP contribution in [0.15, 0.2) is 18.2 Å². The molecule has 1 aliphatic carbocycles. The first-order valence-corrected chi connectivity index (χ1v) is 7.15. The van der Waals surface area contributed by atoms with Crippen LogP contribution >= 0.6 is 11.6 Å². The highest BCUT2D eigenvalue weighted by atomic mass is 35.5. The zero-order valence-electron chi connectivity index (χ0n) is 11.2. The van der Waals surface area contributed by atoms with Crippen molar-refractivity contribution in [2.45, 2.75) is 33.2 Å². The summed E-state index contributed by atoms with van der Waals surface area (Å²) < 4.78 is 5.71. The molecule has 0 saturated heterocycles. The molecule has 0 aromatic heterocycles. The lowest BCUT2D eigenvalue weighted by Crippen LogP contribution is -2.18. The van der Waals surface area contributed by atoms with E-state index in [-0.39, 0.29) is 0 Å². The van der Waals surface area contributed by atoms with Gasteiger partial charge in [0.15, 0.2) is 0 Å². The Balaban J connectivity index is 1.83. The minimum absolute atomic E-state index is 0.668. The Bertz CT molecular complexity index is 388. The Morgan fingerprint density at radius 1 is 1.39 bits per heavy atom. The number of rotatable bonds is 7. The second-order valence-electron chi connectivity index (χ2n) is 5.54. The molecule has 1 aliphatic rings. The first kappa shape index (κ1) is 13.7. The van der Waals surface area contributed by atoms with Gasteiger partial charge in [0.1, 0.15) is 5.75 Å². The first-order valence-electron chi connectivity index (χ1n) is 6.77. The molecule has 0 amide bonds. The number of ether oxygens (including phenoxy) is 1. The van der Waals surface area contributed by atoms with E-state index in [4.69, 9.17) is 16.3 Å². The zero-order chi connectivity index (χ0) is 13.0. The molecule has 0 spiro atoms. The van der Waals surface area contributed by atoms with Crippen LogP contribution in [0.25, 0.3) is 0 Å². The Morgan fingerprint density at radius 3 is 2.78 bits per heavy atom. The van der Waals surface area contributed by atoms with Gasteiger partial charge in [-0.2, -0.15) is 0 Å². The largest absolute Gasteiger partial charge is 0.492 e. The van der Waals surface area contributed by atoms with E-state index in [9.17, 15) is 0 Å². The van der Waals surface area contributed by atoms with Crippen LogP contribution in [0, 0.1) is 11.8 Å². The predicted octanol–water partition coefficient (Wildman–Crippen LogP) is 3.87. The van der Waals surface area contributed by atoms with Crippen molar-refractivity contribution < 1.29 is 4.74 Å². The number of hydrogen-bond acceptors (Lipinski definition) is 2. The van der Waals surface area contributed by atoms with Gasteiger partial charge < -0.3 is 10.1 Å². The lowest BCUT2D eigenvalue weighted by molar-refractivity contribution is 0.300. The summed E-state index contributed by atoms with van der Waals surface area (Å²) in [6.07, 6.45) is 2.60. The van der Waals surface area contributed by atoms with E-state index >= 15 is 0 Å². The average molecular weight is 268 g/mol. The van der Waals surface area contributed by atoms with E-state index in [2.05, 4.69) is 25.2 Å². The molecular weight excluding hydrogens is 246 g/mol. The summed E-state index contributed by atoms with van der Waals surface area (Å²) in [6, 6.07) is 6.07. The number of nitrogens with one attached hydrogen (secondary N) is 1.